The molecule has 29 heavy (non-hydrogen) atoms. The third-order valence-electron chi connectivity index (χ3n) is 4.94. The average molecular weight is 409 g/mol. The van der Waals surface area contributed by atoms with E-state index in [2.05, 4.69) is 35.2 Å². The number of fused-ring (bicyclic) bond motifs is 1. The summed E-state index contributed by atoms with van der Waals surface area (Å²) in [5, 5.41) is 5.05. The van der Waals surface area contributed by atoms with Gasteiger partial charge in [0, 0.05) is 41.9 Å². The molecule has 0 spiro atoms. The van der Waals surface area contributed by atoms with Crippen LogP contribution in [-0.4, -0.2) is 26.5 Å². The Balaban J connectivity index is 1.90. The summed E-state index contributed by atoms with van der Waals surface area (Å²) in [4.78, 5) is 22.0. The Hall–Kier alpha value is -2.73. The van der Waals surface area contributed by atoms with Crippen molar-refractivity contribution in [3.63, 3.8) is 0 Å². The van der Waals surface area contributed by atoms with Crippen LogP contribution in [0.2, 0.25) is 0 Å². The van der Waals surface area contributed by atoms with Crippen molar-refractivity contribution >= 4 is 28.2 Å². The highest BCUT2D eigenvalue weighted by Gasteiger charge is 2.14. The van der Waals surface area contributed by atoms with Crippen molar-refractivity contribution in [2.75, 3.05) is 6.54 Å². The zero-order chi connectivity index (χ0) is 20.8. The number of hydrogen-bond donors (Lipinski definition) is 2. The van der Waals surface area contributed by atoms with Gasteiger partial charge in [-0.2, -0.15) is 0 Å². The Morgan fingerprint density at radius 1 is 1.24 bits per heavy atom. The minimum absolute atomic E-state index is 0.0740. The number of aromatic nitrogens is 2. The molecule has 3 rings (SSSR count). The fraction of sp³-hybridized carbons (Fsp3) is 0.348. The number of H-pyrrole nitrogens is 1. The average Bonchev–Trinajstić information content (AvgIpc) is 2.69. The number of hydrogen-bond acceptors (Lipinski definition) is 3. The second-order valence-electron chi connectivity index (χ2n) is 7.47. The minimum Gasteiger partial charge on any atom is -0.363 e. The van der Waals surface area contributed by atoms with Crippen molar-refractivity contribution < 1.29 is 0 Å². The van der Waals surface area contributed by atoms with Crippen LogP contribution in [0.5, 0.6) is 0 Å². The highest BCUT2D eigenvalue weighted by atomic mass is 32.1. The lowest BCUT2D eigenvalue weighted by molar-refractivity contribution is 0.396. The normalized spacial score (nSPS) is 10.9. The molecule has 2 heterocycles. The number of pyridine rings is 2. The molecular formula is C23H28N4OS. The number of aromatic amines is 1. The Bertz CT molecular complexity index is 1050. The van der Waals surface area contributed by atoms with Crippen molar-refractivity contribution in [3.8, 4) is 0 Å². The summed E-state index contributed by atoms with van der Waals surface area (Å²) in [6.45, 7) is 8.11. The van der Waals surface area contributed by atoms with Gasteiger partial charge in [-0.25, -0.2) is 0 Å². The van der Waals surface area contributed by atoms with Gasteiger partial charge in [-0.1, -0.05) is 25.5 Å². The third kappa shape index (κ3) is 5.41. The third-order valence-corrected chi connectivity index (χ3v) is 5.34. The van der Waals surface area contributed by atoms with Crippen LogP contribution in [0, 0.1) is 13.8 Å². The van der Waals surface area contributed by atoms with Gasteiger partial charge in [0.1, 0.15) is 0 Å². The van der Waals surface area contributed by atoms with Crippen molar-refractivity contribution in [1.82, 2.24) is 20.2 Å². The van der Waals surface area contributed by atoms with Crippen LogP contribution in [0.4, 0.5) is 0 Å². The highest BCUT2D eigenvalue weighted by molar-refractivity contribution is 7.80. The van der Waals surface area contributed by atoms with Crippen molar-refractivity contribution in [3.05, 3.63) is 75.3 Å². The molecule has 0 saturated carbocycles. The van der Waals surface area contributed by atoms with Crippen molar-refractivity contribution in [2.24, 2.45) is 0 Å². The van der Waals surface area contributed by atoms with Crippen LogP contribution in [0.3, 0.4) is 0 Å². The molecular weight excluding hydrogens is 380 g/mol. The molecule has 0 aliphatic rings. The molecule has 152 valence electrons. The van der Waals surface area contributed by atoms with E-state index in [9.17, 15) is 4.79 Å². The maximum Gasteiger partial charge on any atom is 0.253 e. The molecule has 3 aromatic rings. The lowest BCUT2D eigenvalue weighted by Gasteiger charge is -2.26. The monoisotopic (exact) mass is 408 g/mol. The van der Waals surface area contributed by atoms with Crippen LogP contribution in [-0.2, 0) is 13.1 Å². The van der Waals surface area contributed by atoms with E-state index in [0.29, 0.717) is 23.8 Å². The Kier molecular flexibility index (Phi) is 6.99. The van der Waals surface area contributed by atoms with Crippen LogP contribution >= 0.6 is 12.2 Å². The topological polar surface area (TPSA) is 61.0 Å². The molecule has 0 atom stereocenters. The molecule has 0 amide bonds. The van der Waals surface area contributed by atoms with E-state index in [1.54, 1.807) is 6.20 Å². The van der Waals surface area contributed by atoms with Crippen LogP contribution < -0.4 is 10.9 Å². The predicted molar refractivity (Wildman–Crippen MR) is 123 cm³/mol. The van der Waals surface area contributed by atoms with Gasteiger partial charge in [-0.15, -0.1) is 0 Å². The van der Waals surface area contributed by atoms with Crippen LogP contribution in [0.25, 0.3) is 10.9 Å². The maximum atomic E-state index is 12.8. The predicted octanol–water partition coefficient (Wildman–Crippen LogP) is 4.22. The standard InChI is InChI=1S/C23H28N4OS/c1-4-5-9-25-23(29)27(14-18-7-6-8-24-13-18)15-19-12-20-17(3)10-16(2)11-21(20)26-22(19)28/h6-8,10-13H,4-5,9,14-15H2,1-3H3,(H,25,29)(H,26,28). The van der Waals surface area contributed by atoms with Crippen molar-refractivity contribution in [2.45, 2.75) is 46.7 Å². The fourth-order valence-corrected chi connectivity index (χ4v) is 3.67. The molecule has 6 heteroatoms. The van der Waals surface area contributed by atoms with Gasteiger partial charge in [-0.3, -0.25) is 9.78 Å². The second-order valence-corrected chi connectivity index (χ2v) is 7.86. The number of aryl methyl sites for hydroxylation is 2. The first-order valence-corrected chi connectivity index (χ1v) is 10.4. The number of rotatable bonds is 7. The number of unbranched alkanes of at least 4 members (excludes halogenated alkanes) is 1. The Morgan fingerprint density at radius 3 is 2.79 bits per heavy atom. The highest BCUT2D eigenvalue weighted by Crippen LogP contribution is 2.19. The summed E-state index contributed by atoms with van der Waals surface area (Å²) < 4.78 is 0. The molecule has 0 fully saturated rings. The lowest BCUT2D eigenvalue weighted by atomic mass is 10.0. The summed E-state index contributed by atoms with van der Waals surface area (Å²) in [6, 6.07) is 10.1. The molecule has 0 saturated heterocycles. The maximum absolute atomic E-state index is 12.8. The molecule has 0 aliphatic heterocycles. The van der Waals surface area contributed by atoms with E-state index >= 15 is 0 Å². The Morgan fingerprint density at radius 2 is 2.07 bits per heavy atom. The van der Waals surface area contributed by atoms with Gasteiger partial charge in [0.2, 0.25) is 0 Å². The smallest absolute Gasteiger partial charge is 0.253 e. The number of nitrogens with one attached hydrogen (secondary N) is 2. The number of nitrogens with zero attached hydrogens (tertiary/aromatic N) is 2. The zero-order valence-electron chi connectivity index (χ0n) is 17.3. The van der Waals surface area contributed by atoms with E-state index in [1.165, 1.54) is 0 Å². The lowest BCUT2D eigenvalue weighted by Crippen LogP contribution is -2.40. The van der Waals surface area contributed by atoms with Gasteiger partial charge in [-0.05, 0) is 67.4 Å². The second kappa shape index (κ2) is 9.65. The van der Waals surface area contributed by atoms with Gasteiger partial charge in [0.15, 0.2) is 5.11 Å². The Labute approximate surface area is 177 Å². The van der Waals surface area contributed by atoms with E-state index in [4.69, 9.17) is 12.2 Å². The van der Waals surface area contributed by atoms with E-state index in [1.807, 2.05) is 42.3 Å². The summed E-state index contributed by atoms with van der Waals surface area (Å²) in [7, 11) is 0. The first-order chi connectivity index (χ1) is 14.0. The quantitative estimate of drug-likeness (QED) is 0.453. The van der Waals surface area contributed by atoms with E-state index in [0.717, 1.165) is 47.0 Å². The molecule has 0 radical (unpaired) electrons. The van der Waals surface area contributed by atoms with Crippen molar-refractivity contribution in [1.29, 1.82) is 0 Å². The molecule has 0 bridgehead atoms. The summed E-state index contributed by atoms with van der Waals surface area (Å²) in [6.07, 6.45) is 5.74. The molecule has 0 unspecified atom stereocenters. The fourth-order valence-electron chi connectivity index (χ4n) is 3.43. The van der Waals surface area contributed by atoms with Gasteiger partial charge in [0.05, 0.1) is 6.54 Å². The summed E-state index contributed by atoms with van der Waals surface area (Å²) in [5.41, 5.74) is 4.84. The summed E-state index contributed by atoms with van der Waals surface area (Å²) >= 11 is 5.65. The zero-order valence-corrected chi connectivity index (χ0v) is 18.1. The number of benzene rings is 1. The van der Waals surface area contributed by atoms with Crippen LogP contribution in [0.15, 0.2) is 47.5 Å². The first kappa shape index (κ1) is 21.0. The largest absolute Gasteiger partial charge is 0.363 e. The molecule has 2 N–H and O–H groups in total. The van der Waals surface area contributed by atoms with Gasteiger partial charge in [0.25, 0.3) is 5.56 Å². The molecule has 0 aliphatic carbocycles. The first-order valence-electron chi connectivity index (χ1n) is 10.0. The molecule has 1 aromatic carbocycles. The van der Waals surface area contributed by atoms with Gasteiger partial charge < -0.3 is 15.2 Å². The minimum atomic E-state index is -0.0740. The number of thiocarbonyl (C=S) groups is 1. The SMILES string of the molecule is CCCCNC(=S)N(Cc1cccnc1)Cc1cc2c(C)cc(C)cc2[nH]c1=O. The summed E-state index contributed by atoms with van der Waals surface area (Å²) in [5.74, 6) is 0. The van der Waals surface area contributed by atoms with E-state index in [-0.39, 0.29) is 5.56 Å². The van der Waals surface area contributed by atoms with Crippen LogP contribution in [0.1, 0.15) is 42.0 Å². The molecule has 2 aromatic heterocycles. The van der Waals surface area contributed by atoms with E-state index < -0.39 is 0 Å². The van der Waals surface area contributed by atoms with Gasteiger partial charge >= 0.3 is 0 Å². The molecule has 5 nitrogen and oxygen atoms in total.